The van der Waals surface area contributed by atoms with Crippen LogP contribution in [0.2, 0.25) is 5.02 Å². The van der Waals surface area contributed by atoms with E-state index in [1.54, 1.807) is 60.7 Å². The number of nitrogens with one attached hydrogen (secondary N) is 1. The Morgan fingerprint density at radius 3 is 2.13 bits per heavy atom. The number of anilines is 1. The van der Waals surface area contributed by atoms with Gasteiger partial charge in [-0.3, -0.25) is 13.9 Å². The van der Waals surface area contributed by atoms with E-state index in [1.807, 2.05) is 36.4 Å². The van der Waals surface area contributed by atoms with Crippen LogP contribution >= 0.6 is 11.6 Å². The third kappa shape index (κ3) is 8.93. The first-order valence-corrected chi connectivity index (χ1v) is 17.7. The molecule has 1 saturated carbocycles. The molecule has 4 aromatic carbocycles. The number of benzene rings is 4. The molecule has 5 rings (SSSR count). The molecule has 1 N–H and O–H groups in total. The number of hydrogen-bond donors (Lipinski definition) is 1. The van der Waals surface area contributed by atoms with Crippen molar-refractivity contribution < 1.29 is 22.7 Å². The molecule has 4 aromatic rings. The summed E-state index contributed by atoms with van der Waals surface area (Å²) in [6.07, 6.45) is 5.23. The predicted octanol–water partition coefficient (Wildman–Crippen LogP) is 6.63. The molecule has 0 unspecified atom stereocenters. The van der Waals surface area contributed by atoms with E-state index in [2.05, 4.69) is 5.32 Å². The summed E-state index contributed by atoms with van der Waals surface area (Å²) in [5, 5.41) is 3.72. The minimum Gasteiger partial charge on any atom is -0.497 e. The van der Waals surface area contributed by atoms with Gasteiger partial charge in [0.25, 0.3) is 10.0 Å². The number of halogens is 1. The average Bonchev–Trinajstić information content (AvgIpc) is 3.10. The van der Waals surface area contributed by atoms with Crippen molar-refractivity contribution in [2.24, 2.45) is 0 Å². The predicted molar refractivity (Wildman–Crippen MR) is 185 cm³/mol. The maximum atomic E-state index is 14.6. The first-order chi connectivity index (χ1) is 22.7. The van der Waals surface area contributed by atoms with Crippen LogP contribution in [0.3, 0.4) is 0 Å². The van der Waals surface area contributed by atoms with Gasteiger partial charge in [-0.2, -0.15) is 0 Å². The number of carbonyl (C=O) groups excluding carboxylic acids is 2. The molecule has 10 heteroatoms. The molecule has 0 aliphatic heterocycles. The van der Waals surface area contributed by atoms with Crippen molar-refractivity contribution >= 4 is 39.1 Å². The SMILES string of the molecule is COc1ccc(S(=O)(=O)N(CC(=O)N(Cc2cccc(Cl)c2)[C@@H](Cc2ccccc2)C(=O)NC2CCCCC2)c2ccccc2)cc1. The number of ether oxygens (including phenoxy) is 1. The van der Waals surface area contributed by atoms with E-state index in [0.29, 0.717) is 16.5 Å². The Balaban J connectivity index is 1.54. The molecule has 246 valence electrons. The fourth-order valence-electron chi connectivity index (χ4n) is 5.93. The number of methoxy groups -OCH3 is 1. The van der Waals surface area contributed by atoms with E-state index in [9.17, 15) is 18.0 Å². The van der Waals surface area contributed by atoms with Gasteiger partial charge in [-0.25, -0.2) is 8.42 Å². The standard InChI is InChI=1S/C37H40ClN3O5S/c1-46-33-20-22-34(23-21-33)47(44,45)41(32-18-9-4-10-19-32)27-36(42)40(26-29-14-11-15-30(38)24-29)35(25-28-12-5-2-6-13-28)37(43)39-31-16-7-3-8-17-31/h2,4-6,9-15,18-24,31,35H,3,7-8,16-17,25-27H2,1H3,(H,39,43)/t35-/m0/s1. The fraction of sp³-hybridized carbons (Fsp3) is 0.297. The second kappa shape index (κ2) is 16.0. The summed E-state index contributed by atoms with van der Waals surface area (Å²) in [7, 11) is -2.70. The highest BCUT2D eigenvalue weighted by molar-refractivity contribution is 7.92. The minimum atomic E-state index is -4.21. The minimum absolute atomic E-state index is 0.00669. The van der Waals surface area contributed by atoms with Crippen molar-refractivity contribution in [2.75, 3.05) is 18.0 Å². The second-order valence-electron chi connectivity index (χ2n) is 11.7. The molecule has 2 amide bonds. The quantitative estimate of drug-likeness (QED) is 0.172. The van der Waals surface area contributed by atoms with Gasteiger partial charge in [0.15, 0.2) is 0 Å². The van der Waals surface area contributed by atoms with Gasteiger partial charge in [-0.1, -0.05) is 91.5 Å². The van der Waals surface area contributed by atoms with Crippen LogP contribution in [0.4, 0.5) is 5.69 Å². The van der Waals surface area contributed by atoms with E-state index < -0.39 is 28.5 Å². The van der Waals surface area contributed by atoms with Gasteiger partial charge in [0.05, 0.1) is 17.7 Å². The van der Waals surface area contributed by atoms with Crippen molar-refractivity contribution in [3.63, 3.8) is 0 Å². The number of amides is 2. The van der Waals surface area contributed by atoms with Gasteiger partial charge in [-0.05, 0) is 72.5 Å². The smallest absolute Gasteiger partial charge is 0.264 e. The molecular weight excluding hydrogens is 634 g/mol. The number of nitrogens with zero attached hydrogens (tertiary/aromatic N) is 2. The summed E-state index contributed by atoms with van der Waals surface area (Å²) >= 11 is 6.34. The monoisotopic (exact) mass is 673 g/mol. The lowest BCUT2D eigenvalue weighted by molar-refractivity contribution is -0.140. The Morgan fingerprint density at radius 2 is 1.49 bits per heavy atom. The lowest BCUT2D eigenvalue weighted by Gasteiger charge is -2.35. The van der Waals surface area contributed by atoms with Gasteiger partial charge in [0, 0.05) is 24.0 Å². The fourth-order valence-corrected chi connectivity index (χ4v) is 7.56. The molecule has 0 bridgehead atoms. The topological polar surface area (TPSA) is 96.0 Å². The molecule has 1 aliphatic carbocycles. The molecule has 0 aromatic heterocycles. The Kier molecular flexibility index (Phi) is 11.6. The van der Waals surface area contributed by atoms with Crippen molar-refractivity contribution in [1.29, 1.82) is 0 Å². The highest BCUT2D eigenvalue weighted by Gasteiger charge is 2.35. The lowest BCUT2D eigenvalue weighted by Crippen LogP contribution is -2.55. The zero-order valence-electron chi connectivity index (χ0n) is 26.4. The zero-order chi connectivity index (χ0) is 33.2. The third-order valence-electron chi connectivity index (χ3n) is 8.44. The molecule has 1 fully saturated rings. The maximum absolute atomic E-state index is 14.6. The highest BCUT2D eigenvalue weighted by Crippen LogP contribution is 2.27. The second-order valence-corrected chi connectivity index (χ2v) is 14.0. The molecule has 0 saturated heterocycles. The number of hydrogen-bond acceptors (Lipinski definition) is 5. The molecule has 0 heterocycles. The van der Waals surface area contributed by atoms with Crippen molar-refractivity contribution in [2.45, 2.75) is 62.0 Å². The maximum Gasteiger partial charge on any atom is 0.264 e. The summed E-state index contributed by atoms with van der Waals surface area (Å²) in [5.74, 6) is -0.280. The zero-order valence-corrected chi connectivity index (χ0v) is 28.0. The van der Waals surface area contributed by atoms with Crippen LogP contribution in [0.15, 0.2) is 114 Å². The molecule has 0 radical (unpaired) electrons. The van der Waals surface area contributed by atoms with Crippen LogP contribution in [0, 0.1) is 0 Å². The van der Waals surface area contributed by atoms with Crippen LogP contribution in [0.1, 0.15) is 43.2 Å². The van der Waals surface area contributed by atoms with Crippen molar-refractivity contribution in [1.82, 2.24) is 10.2 Å². The van der Waals surface area contributed by atoms with E-state index in [0.717, 1.165) is 47.5 Å². The number of carbonyl (C=O) groups is 2. The summed E-state index contributed by atoms with van der Waals surface area (Å²) in [6.45, 7) is -0.471. The van der Waals surface area contributed by atoms with E-state index in [-0.39, 0.29) is 29.8 Å². The van der Waals surface area contributed by atoms with Crippen LogP contribution < -0.4 is 14.4 Å². The van der Waals surface area contributed by atoms with Crippen molar-refractivity contribution in [3.8, 4) is 5.75 Å². The normalized spacial score (nSPS) is 14.2. The third-order valence-corrected chi connectivity index (χ3v) is 10.5. The largest absolute Gasteiger partial charge is 0.497 e. The lowest BCUT2D eigenvalue weighted by atomic mass is 9.94. The number of sulfonamides is 1. The Morgan fingerprint density at radius 1 is 0.851 bits per heavy atom. The van der Waals surface area contributed by atoms with Gasteiger partial charge in [0.1, 0.15) is 18.3 Å². The first-order valence-electron chi connectivity index (χ1n) is 15.8. The summed E-state index contributed by atoms with van der Waals surface area (Å²) in [5.41, 5.74) is 1.93. The Hall–Kier alpha value is -4.34. The van der Waals surface area contributed by atoms with Crippen LogP contribution in [-0.2, 0) is 32.6 Å². The highest BCUT2D eigenvalue weighted by atomic mass is 35.5. The Bertz CT molecular complexity index is 1730. The van der Waals surface area contributed by atoms with Crippen LogP contribution in [0.25, 0.3) is 0 Å². The summed E-state index contributed by atoms with van der Waals surface area (Å²) in [6, 6.07) is 30.3. The van der Waals surface area contributed by atoms with E-state index in [1.165, 1.54) is 24.1 Å². The average molecular weight is 674 g/mol. The van der Waals surface area contributed by atoms with Crippen molar-refractivity contribution in [3.05, 3.63) is 125 Å². The van der Waals surface area contributed by atoms with E-state index >= 15 is 0 Å². The first kappa shape index (κ1) is 34.0. The van der Waals surface area contributed by atoms with Gasteiger partial charge < -0.3 is 15.0 Å². The van der Waals surface area contributed by atoms with E-state index in [4.69, 9.17) is 16.3 Å². The molecular formula is C37H40ClN3O5S. The summed E-state index contributed by atoms with van der Waals surface area (Å²) < 4.78 is 34.7. The van der Waals surface area contributed by atoms with Gasteiger partial charge >= 0.3 is 0 Å². The van der Waals surface area contributed by atoms with Gasteiger partial charge in [0.2, 0.25) is 11.8 Å². The molecule has 8 nitrogen and oxygen atoms in total. The number of rotatable bonds is 13. The van der Waals surface area contributed by atoms with Gasteiger partial charge in [-0.15, -0.1) is 0 Å². The molecule has 1 aliphatic rings. The molecule has 1 atom stereocenters. The van der Waals surface area contributed by atoms with Crippen LogP contribution in [-0.4, -0.2) is 50.9 Å². The Labute approximate surface area is 282 Å². The number of para-hydroxylation sites is 1. The molecule has 47 heavy (non-hydrogen) atoms. The molecule has 0 spiro atoms. The van der Waals surface area contributed by atoms with Crippen LogP contribution in [0.5, 0.6) is 5.75 Å². The summed E-state index contributed by atoms with van der Waals surface area (Å²) in [4.78, 5) is 30.3.